The van der Waals surface area contributed by atoms with E-state index in [2.05, 4.69) is 0 Å². The van der Waals surface area contributed by atoms with Crippen LogP contribution in [0.5, 0.6) is 0 Å². The summed E-state index contributed by atoms with van der Waals surface area (Å²) in [4.78, 5) is -0.594. The van der Waals surface area contributed by atoms with Crippen LogP contribution in [-0.2, 0) is 5.88 Å². The van der Waals surface area contributed by atoms with Crippen LogP contribution in [0.2, 0.25) is 0 Å². The highest BCUT2D eigenvalue weighted by Crippen LogP contribution is 2.30. The molecule has 0 saturated heterocycles. The Balaban J connectivity index is 2.79. The van der Waals surface area contributed by atoms with Crippen LogP contribution < -0.4 is 0 Å². The van der Waals surface area contributed by atoms with Gasteiger partial charge in [-0.1, -0.05) is 24.3 Å². The van der Waals surface area contributed by atoms with E-state index >= 15 is 0 Å². The predicted octanol–water partition coefficient (Wildman–Crippen LogP) is 4.51. The molecule has 1 unspecified atom stereocenters. The van der Waals surface area contributed by atoms with Crippen LogP contribution in [0.3, 0.4) is 0 Å². The summed E-state index contributed by atoms with van der Waals surface area (Å²) in [6, 6.07) is 7.59. The van der Waals surface area contributed by atoms with E-state index in [1.54, 1.807) is 0 Å². The van der Waals surface area contributed by atoms with Crippen molar-refractivity contribution < 1.29 is 0 Å². The molecular weight excluding hydrogens is 250 g/mol. The monoisotopic (exact) mass is 256 g/mol. The van der Waals surface area contributed by atoms with Gasteiger partial charge in [0.05, 0.1) is 5.38 Å². The van der Waals surface area contributed by atoms with E-state index < -0.39 is 4.84 Å². The lowest BCUT2D eigenvalue weighted by molar-refractivity contribution is 1.03. The molecule has 1 aromatic rings. The second-order valence-corrected chi connectivity index (χ2v) is 4.51. The molecule has 1 aromatic carbocycles. The Hall–Kier alpha value is 0.380. The first-order valence-corrected chi connectivity index (χ1v) is 5.56. The fourth-order valence-corrected chi connectivity index (χ4v) is 1.55. The number of halogens is 4. The van der Waals surface area contributed by atoms with Crippen LogP contribution in [-0.4, -0.2) is 4.84 Å². The number of alkyl halides is 4. The minimum atomic E-state index is -0.594. The van der Waals surface area contributed by atoms with Crippen LogP contribution in [0.1, 0.15) is 16.5 Å². The topological polar surface area (TPSA) is 0 Å². The van der Waals surface area contributed by atoms with Crippen molar-refractivity contribution in [3.8, 4) is 0 Å². The van der Waals surface area contributed by atoms with Crippen LogP contribution in [0.15, 0.2) is 24.3 Å². The van der Waals surface area contributed by atoms with Gasteiger partial charge in [-0.25, -0.2) is 0 Å². The van der Waals surface area contributed by atoms with Gasteiger partial charge >= 0.3 is 0 Å². The van der Waals surface area contributed by atoms with E-state index in [0.29, 0.717) is 5.88 Å². The Morgan fingerprint density at radius 3 is 1.92 bits per heavy atom. The van der Waals surface area contributed by atoms with Gasteiger partial charge in [0.25, 0.3) is 0 Å². The summed E-state index contributed by atoms with van der Waals surface area (Å²) in [5.41, 5.74) is 1.96. The fourth-order valence-electron chi connectivity index (χ4n) is 0.936. The van der Waals surface area contributed by atoms with Gasteiger partial charge < -0.3 is 0 Å². The Bertz CT molecular complexity index is 255. The molecule has 0 aliphatic heterocycles. The highest BCUT2D eigenvalue weighted by Gasteiger charge is 2.15. The average Bonchev–Trinajstić information content (AvgIpc) is 2.17. The van der Waals surface area contributed by atoms with Crippen molar-refractivity contribution in [2.24, 2.45) is 0 Å². The minimum absolute atomic E-state index is 0.368. The molecule has 72 valence electrons. The molecule has 0 radical (unpaired) electrons. The lowest BCUT2D eigenvalue weighted by Crippen LogP contribution is -1.99. The first-order chi connectivity index (χ1) is 6.15. The van der Waals surface area contributed by atoms with E-state index in [9.17, 15) is 0 Å². The molecule has 0 aliphatic carbocycles. The average molecular weight is 258 g/mol. The number of hydrogen-bond donors (Lipinski definition) is 0. The molecule has 13 heavy (non-hydrogen) atoms. The normalized spacial score (nSPS) is 13.3. The van der Waals surface area contributed by atoms with Crippen molar-refractivity contribution in [2.45, 2.75) is 16.1 Å². The quantitative estimate of drug-likeness (QED) is 0.699. The molecule has 0 N–H and O–H groups in total. The Labute approximate surface area is 97.7 Å². The molecule has 0 spiro atoms. The maximum atomic E-state index is 5.94. The summed E-state index contributed by atoms with van der Waals surface area (Å²) in [6.07, 6.45) is 0. The molecule has 0 nitrogen and oxygen atoms in total. The van der Waals surface area contributed by atoms with Gasteiger partial charge in [0, 0.05) is 5.88 Å². The smallest absolute Gasteiger partial charge is 0.122 e. The third kappa shape index (κ3) is 3.21. The van der Waals surface area contributed by atoms with Gasteiger partial charge in [-0.05, 0) is 11.1 Å². The van der Waals surface area contributed by atoms with Crippen molar-refractivity contribution in [1.82, 2.24) is 0 Å². The van der Waals surface area contributed by atoms with Crippen molar-refractivity contribution in [3.63, 3.8) is 0 Å². The molecule has 0 saturated carbocycles. The molecule has 0 bridgehead atoms. The minimum Gasteiger partial charge on any atom is -0.122 e. The van der Waals surface area contributed by atoms with Crippen LogP contribution in [0.25, 0.3) is 0 Å². The number of benzene rings is 1. The molecule has 1 atom stereocenters. The van der Waals surface area contributed by atoms with Crippen molar-refractivity contribution in [2.75, 3.05) is 0 Å². The van der Waals surface area contributed by atoms with Crippen molar-refractivity contribution in [1.29, 1.82) is 0 Å². The van der Waals surface area contributed by atoms with Gasteiger partial charge in [0.15, 0.2) is 0 Å². The first kappa shape index (κ1) is 11.5. The van der Waals surface area contributed by atoms with Gasteiger partial charge in [-0.3, -0.25) is 0 Å². The standard InChI is InChI=1S/C9H8Cl4/c10-5-6-1-3-7(4-2-6)8(11)9(12)13/h1-4,8-9H,5H2. The lowest BCUT2D eigenvalue weighted by atomic mass is 10.1. The third-order valence-electron chi connectivity index (χ3n) is 1.67. The highest BCUT2D eigenvalue weighted by atomic mass is 35.5. The zero-order chi connectivity index (χ0) is 9.84. The predicted molar refractivity (Wildman–Crippen MR) is 60.1 cm³/mol. The van der Waals surface area contributed by atoms with Crippen molar-refractivity contribution >= 4 is 46.4 Å². The number of rotatable bonds is 3. The molecule has 1 rings (SSSR count). The maximum Gasteiger partial charge on any atom is 0.128 e. The van der Waals surface area contributed by atoms with Gasteiger partial charge in [0.2, 0.25) is 0 Å². The first-order valence-electron chi connectivity index (χ1n) is 3.72. The summed E-state index contributed by atoms with van der Waals surface area (Å²) in [5, 5.41) is -0.368. The van der Waals surface area contributed by atoms with Crippen molar-refractivity contribution in [3.05, 3.63) is 35.4 Å². The molecule has 0 amide bonds. The Morgan fingerprint density at radius 1 is 1.00 bits per heavy atom. The van der Waals surface area contributed by atoms with E-state index in [0.717, 1.165) is 11.1 Å². The molecule has 0 heterocycles. The molecule has 0 aliphatic rings. The summed E-state index contributed by atoms with van der Waals surface area (Å²) < 4.78 is 0. The van der Waals surface area contributed by atoms with Crippen LogP contribution in [0.4, 0.5) is 0 Å². The maximum absolute atomic E-state index is 5.94. The zero-order valence-corrected chi connectivity index (χ0v) is 9.71. The summed E-state index contributed by atoms with van der Waals surface area (Å²) >= 11 is 22.9. The molecule has 0 aromatic heterocycles. The number of hydrogen-bond acceptors (Lipinski definition) is 0. The summed E-state index contributed by atoms with van der Waals surface area (Å²) in [6.45, 7) is 0. The van der Waals surface area contributed by atoms with Gasteiger partial charge in [-0.2, -0.15) is 0 Å². The van der Waals surface area contributed by atoms with E-state index in [4.69, 9.17) is 46.4 Å². The fraction of sp³-hybridized carbons (Fsp3) is 0.333. The largest absolute Gasteiger partial charge is 0.128 e. The van der Waals surface area contributed by atoms with Crippen LogP contribution in [0, 0.1) is 0 Å². The van der Waals surface area contributed by atoms with Gasteiger partial charge in [0.1, 0.15) is 4.84 Å². The SMILES string of the molecule is ClCc1ccc(C(Cl)C(Cl)Cl)cc1. The highest BCUT2D eigenvalue weighted by molar-refractivity contribution is 6.48. The lowest BCUT2D eigenvalue weighted by Gasteiger charge is -2.10. The second-order valence-electron chi connectivity index (χ2n) is 2.61. The van der Waals surface area contributed by atoms with Crippen LogP contribution >= 0.6 is 46.4 Å². The Kier molecular flexibility index (Phi) is 4.68. The second kappa shape index (κ2) is 5.31. The zero-order valence-electron chi connectivity index (χ0n) is 6.68. The van der Waals surface area contributed by atoms with Gasteiger partial charge in [-0.15, -0.1) is 46.4 Å². The molecule has 4 heteroatoms. The Morgan fingerprint density at radius 2 is 1.54 bits per heavy atom. The molecular formula is C9H8Cl4. The summed E-state index contributed by atoms with van der Waals surface area (Å²) in [7, 11) is 0. The summed E-state index contributed by atoms with van der Waals surface area (Å²) in [5.74, 6) is 0.498. The molecule has 0 fully saturated rings. The third-order valence-corrected chi connectivity index (χ3v) is 3.25. The van der Waals surface area contributed by atoms with E-state index in [1.165, 1.54) is 0 Å². The van der Waals surface area contributed by atoms with E-state index in [-0.39, 0.29) is 5.38 Å². The van der Waals surface area contributed by atoms with E-state index in [1.807, 2.05) is 24.3 Å².